The summed E-state index contributed by atoms with van der Waals surface area (Å²) in [6, 6.07) is 7.25. The van der Waals surface area contributed by atoms with Crippen molar-refractivity contribution in [1.29, 1.82) is 0 Å². The molecule has 18 heavy (non-hydrogen) atoms. The molecule has 0 bridgehead atoms. The zero-order chi connectivity index (χ0) is 13.5. The van der Waals surface area contributed by atoms with Crippen LogP contribution < -0.4 is 11.1 Å². The second-order valence-corrected chi connectivity index (χ2v) is 4.21. The number of benzene rings is 1. The number of anilines is 1. The lowest BCUT2D eigenvalue weighted by molar-refractivity contribution is -0.139. The van der Waals surface area contributed by atoms with Gasteiger partial charge in [0, 0.05) is 16.4 Å². The molecule has 96 valence electrons. The third-order valence-corrected chi connectivity index (χ3v) is 2.46. The van der Waals surface area contributed by atoms with Gasteiger partial charge in [-0.3, -0.25) is 4.79 Å². The van der Waals surface area contributed by atoms with Crippen molar-refractivity contribution in [2.24, 2.45) is 5.73 Å². The van der Waals surface area contributed by atoms with Crippen LogP contribution >= 0.6 is 15.9 Å². The zero-order valence-corrected chi connectivity index (χ0v) is 11.4. The van der Waals surface area contributed by atoms with Crippen molar-refractivity contribution in [3.8, 4) is 0 Å². The highest BCUT2D eigenvalue weighted by Gasteiger charge is 2.16. The van der Waals surface area contributed by atoms with Crippen LogP contribution in [0, 0.1) is 0 Å². The number of nitrogens with two attached hydrogens (primary N) is 1. The van der Waals surface area contributed by atoms with E-state index in [1.807, 2.05) is 12.1 Å². The lowest BCUT2D eigenvalue weighted by atomic mass is 10.2. The molecule has 0 fully saturated rings. The van der Waals surface area contributed by atoms with E-state index in [1.54, 1.807) is 19.1 Å². The van der Waals surface area contributed by atoms with Crippen LogP contribution in [-0.2, 0) is 14.3 Å². The molecule has 0 spiro atoms. The summed E-state index contributed by atoms with van der Waals surface area (Å²) in [5.41, 5.74) is 5.59. The molecule has 6 heteroatoms. The molecule has 0 aliphatic heterocycles. The van der Waals surface area contributed by atoms with Crippen molar-refractivity contribution in [3.05, 3.63) is 40.5 Å². The maximum atomic E-state index is 11.4. The van der Waals surface area contributed by atoms with Crippen LogP contribution in [0.1, 0.15) is 6.92 Å². The fourth-order valence-corrected chi connectivity index (χ4v) is 1.57. The number of amides is 1. The number of ether oxygens (including phenoxy) is 1. The Morgan fingerprint density at radius 1 is 1.50 bits per heavy atom. The lowest BCUT2D eigenvalue weighted by Gasteiger charge is -2.05. The van der Waals surface area contributed by atoms with Gasteiger partial charge in [-0.25, -0.2) is 4.79 Å². The van der Waals surface area contributed by atoms with Crippen LogP contribution in [0.25, 0.3) is 0 Å². The molecule has 1 aromatic rings. The lowest BCUT2D eigenvalue weighted by Crippen LogP contribution is -2.23. The van der Waals surface area contributed by atoms with Crippen LogP contribution in [0.4, 0.5) is 5.69 Å². The molecule has 0 aliphatic rings. The molecule has 0 saturated heterocycles. The van der Waals surface area contributed by atoms with Crippen molar-refractivity contribution in [2.75, 3.05) is 11.9 Å². The average molecular weight is 313 g/mol. The molecule has 1 aromatic carbocycles. The number of esters is 1. The Morgan fingerprint density at radius 3 is 2.78 bits per heavy atom. The van der Waals surface area contributed by atoms with E-state index < -0.39 is 11.9 Å². The maximum absolute atomic E-state index is 11.4. The summed E-state index contributed by atoms with van der Waals surface area (Å²) in [5, 5.41) is 2.81. The summed E-state index contributed by atoms with van der Waals surface area (Å²) >= 11 is 3.31. The molecule has 0 saturated carbocycles. The van der Waals surface area contributed by atoms with E-state index in [0.29, 0.717) is 5.69 Å². The predicted molar refractivity (Wildman–Crippen MR) is 71.7 cm³/mol. The van der Waals surface area contributed by atoms with Crippen molar-refractivity contribution in [1.82, 2.24) is 0 Å². The number of carbonyl (C=O) groups is 2. The minimum Gasteiger partial charge on any atom is -0.462 e. The molecule has 0 radical (unpaired) electrons. The largest absolute Gasteiger partial charge is 0.462 e. The first kappa shape index (κ1) is 14.2. The molecule has 3 N–H and O–H groups in total. The minimum absolute atomic E-state index is 0.181. The summed E-state index contributed by atoms with van der Waals surface area (Å²) in [6.07, 6.45) is 1.24. The SMILES string of the molecule is CCOC(=O)/C(=C\Nc1cccc(Br)c1)C(N)=O. The number of hydrogen-bond acceptors (Lipinski definition) is 4. The highest BCUT2D eigenvalue weighted by atomic mass is 79.9. The molecular weight excluding hydrogens is 300 g/mol. The standard InChI is InChI=1S/C12H13BrN2O3/c1-2-18-12(17)10(11(14)16)7-15-9-5-3-4-8(13)6-9/h3-7,15H,2H2,1H3,(H2,14,16)/b10-7-. The Balaban J connectivity index is 2.84. The molecule has 0 unspecified atom stereocenters. The highest BCUT2D eigenvalue weighted by Crippen LogP contribution is 2.15. The number of nitrogens with one attached hydrogen (secondary N) is 1. The Hall–Kier alpha value is -1.82. The second kappa shape index (κ2) is 6.80. The summed E-state index contributed by atoms with van der Waals surface area (Å²) in [7, 11) is 0. The van der Waals surface area contributed by atoms with Crippen molar-refractivity contribution >= 4 is 33.5 Å². The van der Waals surface area contributed by atoms with Crippen molar-refractivity contribution in [2.45, 2.75) is 6.92 Å². The molecule has 0 atom stereocenters. The van der Waals surface area contributed by atoms with Gasteiger partial charge in [-0.05, 0) is 25.1 Å². The highest BCUT2D eigenvalue weighted by molar-refractivity contribution is 9.10. The van der Waals surface area contributed by atoms with E-state index in [2.05, 4.69) is 21.2 Å². The number of primary amides is 1. The van der Waals surface area contributed by atoms with E-state index >= 15 is 0 Å². The average Bonchev–Trinajstić information content (AvgIpc) is 2.29. The van der Waals surface area contributed by atoms with Crippen LogP contribution in [0.2, 0.25) is 0 Å². The quantitative estimate of drug-likeness (QED) is 0.376. The molecule has 1 amide bonds. The molecule has 0 heterocycles. The van der Waals surface area contributed by atoms with Gasteiger partial charge in [-0.15, -0.1) is 0 Å². The summed E-state index contributed by atoms with van der Waals surface area (Å²) in [6.45, 7) is 1.83. The van der Waals surface area contributed by atoms with Gasteiger partial charge < -0.3 is 15.8 Å². The molecule has 5 nitrogen and oxygen atoms in total. The normalized spacial score (nSPS) is 10.9. The number of carbonyl (C=O) groups excluding carboxylic acids is 2. The van der Waals surface area contributed by atoms with Gasteiger partial charge in [0.05, 0.1) is 6.61 Å². The van der Waals surface area contributed by atoms with Gasteiger partial charge in [0.1, 0.15) is 5.57 Å². The summed E-state index contributed by atoms with van der Waals surface area (Å²) in [4.78, 5) is 22.5. The van der Waals surface area contributed by atoms with Crippen molar-refractivity contribution < 1.29 is 14.3 Å². The summed E-state index contributed by atoms with van der Waals surface area (Å²) in [5.74, 6) is -1.58. The van der Waals surface area contributed by atoms with E-state index in [4.69, 9.17) is 10.5 Å². The third kappa shape index (κ3) is 4.21. The van der Waals surface area contributed by atoms with Gasteiger partial charge in [-0.2, -0.15) is 0 Å². The second-order valence-electron chi connectivity index (χ2n) is 3.30. The first-order valence-electron chi connectivity index (χ1n) is 5.23. The monoisotopic (exact) mass is 312 g/mol. The Bertz CT molecular complexity index is 486. The topological polar surface area (TPSA) is 81.4 Å². The number of halogens is 1. The van der Waals surface area contributed by atoms with Gasteiger partial charge in [0.2, 0.25) is 0 Å². The maximum Gasteiger partial charge on any atom is 0.345 e. The predicted octanol–water partition coefficient (Wildman–Crippen LogP) is 1.79. The Kier molecular flexibility index (Phi) is 5.38. The zero-order valence-electron chi connectivity index (χ0n) is 9.77. The van der Waals surface area contributed by atoms with Gasteiger partial charge in [-0.1, -0.05) is 22.0 Å². The van der Waals surface area contributed by atoms with E-state index in [0.717, 1.165) is 4.47 Å². The van der Waals surface area contributed by atoms with E-state index in [-0.39, 0.29) is 12.2 Å². The van der Waals surface area contributed by atoms with Crippen molar-refractivity contribution in [3.63, 3.8) is 0 Å². The Labute approximate surface area is 113 Å². The molecule has 0 aliphatic carbocycles. The van der Waals surface area contributed by atoms with Crippen LogP contribution in [-0.4, -0.2) is 18.5 Å². The minimum atomic E-state index is -0.837. The molecule has 0 aromatic heterocycles. The van der Waals surface area contributed by atoms with Crippen LogP contribution in [0.5, 0.6) is 0 Å². The fourth-order valence-electron chi connectivity index (χ4n) is 1.17. The Morgan fingerprint density at radius 2 is 2.22 bits per heavy atom. The van der Waals surface area contributed by atoms with Crippen LogP contribution in [0.3, 0.4) is 0 Å². The van der Waals surface area contributed by atoms with Gasteiger partial charge >= 0.3 is 5.97 Å². The first-order chi connectivity index (χ1) is 8.54. The van der Waals surface area contributed by atoms with E-state index in [9.17, 15) is 9.59 Å². The smallest absolute Gasteiger partial charge is 0.345 e. The summed E-state index contributed by atoms with van der Waals surface area (Å²) < 4.78 is 5.59. The van der Waals surface area contributed by atoms with Gasteiger partial charge in [0.15, 0.2) is 0 Å². The fraction of sp³-hybridized carbons (Fsp3) is 0.167. The number of rotatable bonds is 5. The third-order valence-electron chi connectivity index (χ3n) is 1.97. The van der Waals surface area contributed by atoms with E-state index in [1.165, 1.54) is 6.20 Å². The van der Waals surface area contributed by atoms with Crippen LogP contribution in [0.15, 0.2) is 40.5 Å². The van der Waals surface area contributed by atoms with Gasteiger partial charge in [0.25, 0.3) is 5.91 Å². The first-order valence-corrected chi connectivity index (χ1v) is 6.03. The molecule has 1 rings (SSSR count). The molecular formula is C12H13BrN2O3. The number of hydrogen-bond donors (Lipinski definition) is 2.